The number of aromatic nitrogens is 2. The molecule has 0 unspecified atom stereocenters. The van der Waals surface area contributed by atoms with Crippen LogP contribution < -0.4 is 10.6 Å². The predicted molar refractivity (Wildman–Crippen MR) is 80.7 cm³/mol. The van der Waals surface area contributed by atoms with Gasteiger partial charge in [0, 0.05) is 0 Å². The van der Waals surface area contributed by atoms with Gasteiger partial charge in [-0.05, 0) is 18.6 Å². The van der Waals surface area contributed by atoms with Crippen LogP contribution in [-0.2, 0) is 16.3 Å². The first-order chi connectivity index (χ1) is 8.89. The van der Waals surface area contributed by atoms with Crippen molar-refractivity contribution in [3.63, 3.8) is 0 Å². The summed E-state index contributed by atoms with van der Waals surface area (Å²) in [6, 6.07) is -0.370. The third-order valence-electron chi connectivity index (χ3n) is 2.59. The molecule has 0 aromatic carbocycles. The Hall–Kier alpha value is -0.510. The van der Waals surface area contributed by atoms with E-state index in [0.29, 0.717) is 10.2 Å². The number of nitrogens with one attached hydrogen (secondary N) is 2. The molecule has 0 saturated carbocycles. The number of halogens is 1. The number of hydrogen-bond acceptors (Lipinski definition) is 6. The molecule has 106 valence electrons. The van der Waals surface area contributed by atoms with Crippen LogP contribution in [0, 0.1) is 0 Å². The molecule has 2 heterocycles. The SMILES string of the molecule is CCc1nnc(NC(=S)N[C@@H]2CS(=O)(=O)C[C@H]2Cl)s1. The lowest BCUT2D eigenvalue weighted by atomic mass is 10.3. The van der Waals surface area contributed by atoms with Gasteiger partial charge in [-0.15, -0.1) is 21.8 Å². The minimum Gasteiger partial charge on any atom is -0.357 e. The molecule has 19 heavy (non-hydrogen) atoms. The molecular weight excluding hydrogens is 328 g/mol. The smallest absolute Gasteiger partial charge is 0.211 e. The average molecular weight is 341 g/mol. The van der Waals surface area contributed by atoms with Gasteiger partial charge < -0.3 is 10.6 Å². The number of rotatable bonds is 3. The van der Waals surface area contributed by atoms with Crippen LogP contribution in [0.3, 0.4) is 0 Å². The van der Waals surface area contributed by atoms with Crippen molar-refractivity contribution in [3.05, 3.63) is 5.01 Å². The van der Waals surface area contributed by atoms with E-state index in [2.05, 4.69) is 20.8 Å². The summed E-state index contributed by atoms with van der Waals surface area (Å²) in [6.07, 6.45) is 0.810. The lowest BCUT2D eigenvalue weighted by molar-refractivity contribution is 0.600. The summed E-state index contributed by atoms with van der Waals surface area (Å²) in [5.74, 6) is -0.0209. The van der Waals surface area contributed by atoms with Gasteiger partial charge in [-0.25, -0.2) is 8.42 Å². The molecule has 2 N–H and O–H groups in total. The standard InChI is InChI=1S/C9H13ClN4O2S3/c1-2-7-13-14-9(18-7)12-8(17)11-6-4-19(15,16)3-5(6)10/h5-6H,2-4H2,1H3,(H2,11,12,14,17)/t5-,6-/m1/s1. The van der Waals surface area contributed by atoms with Crippen molar-refractivity contribution in [2.75, 3.05) is 16.8 Å². The van der Waals surface area contributed by atoms with Crippen LogP contribution in [-0.4, -0.2) is 46.7 Å². The number of thiocarbonyl (C=S) groups is 1. The highest BCUT2D eigenvalue weighted by molar-refractivity contribution is 7.91. The Labute approximate surface area is 125 Å². The van der Waals surface area contributed by atoms with Crippen LogP contribution in [0.2, 0.25) is 0 Å². The third kappa shape index (κ3) is 3.98. The maximum atomic E-state index is 11.4. The molecule has 0 bridgehead atoms. The maximum absolute atomic E-state index is 11.4. The Morgan fingerprint density at radius 2 is 2.26 bits per heavy atom. The fourth-order valence-electron chi connectivity index (χ4n) is 1.69. The molecule has 0 amide bonds. The second-order valence-electron chi connectivity index (χ2n) is 4.15. The Bertz CT molecular complexity index is 574. The zero-order chi connectivity index (χ0) is 14.0. The van der Waals surface area contributed by atoms with E-state index in [1.807, 2.05) is 6.92 Å². The van der Waals surface area contributed by atoms with Gasteiger partial charge >= 0.3 is 0 Å². The van der Waals surface area contributed by atoms with Crippen molar-refractivity contribution in [1.29, 1.82) is 0 Å². The highest BCUT2D eigenvalue weighted by Crippen LogP contribution is 2.19. The molecule has 1 aliphatic heterocycles. The third-order valence-corrected chi connectivity index (χ3v) is 6.17. The Balaban J connectivity index is 1.91. The van der Waals surface area contributed by atoms with Gasteiger partial charge in [-0.2, -0.15) is 0 Å². The van der Waals surface area contributed by atoms with Gasteiger partial charge in [-0.1, -0.05) is 18.3 Å². The molecule has 6 nitrogen and oxygen atoms in total. The van der Waals surface area contributed by atoms with Crippen LogP contribution in [0.15, 0.2) is 0 Å². The number of sulfone groups is 1. The summed E-state index contributed by atoms with van der Waals surface area (Å²) in [6.45, 7) is 1.99. The Morgan fingerprint density at radius 3 is 2.79 bits per heavy atom. The minimum absolute atomic E-state index is 0.000679. The second-order valence-corrected chi connectivity index (χ2v) is 8.34. The topological polar surface area (TPSA) is 84.0 Å². The minimum atomic E-state index is -3.07. The Kier molecular flexibility index (Phi) is 4.59. The van der Waals surface area contributed by atoms with Gasteiger partial charge in [0.25, 0.3) is 0 Å². The Morgan fingerprint density at radius 1 is 1.53 bits per heavy atom. The van der Waals surface area contributed by atoms with Crippen LogP contribution >= 0.6 is 35.2 Å². The molecule has 1 saturated heterocycles. The summed E-state index contributed by atoms with van der Waals surface area (Å²) in [4.78, 5) is 0. The number of alkyl halides is 1. The zero-order valence-corrected chi connectivity index (χ0v) is 13.3. The van der Waals surface area contributed by atoms with Crippen LogP contribution in [0.5, 0.6) is 0 Å². The largest absolute Gasteiger partial charge is 0.357 e. The first-order valence-corrected chi connectivity index (χ1v) is 9.12. The summed E-state index contributed by atoms with van der Waals surface area (Å²) in [5.41, 5.74) is 0. The fraction of sp³-hybridized carbons (Fsp3) is 0.667. The first-order valence-electron chi connectivity index (χ1n) is 5.64. The zero-order valence-electron chi connectivity index (χ0n) is 10.1. The van der Waals surface area contributed by atoms with Gasteiger partial charge in [0.05, 0.1) is 22.9 Å². The highest BCUT2D eigenvalue weighted by atomic mass is 35.5. The highest BCUT2D eigenvalue weighted by Gasteiger charge is 2.36. The van der Waals surface area contributed by atoms with Crippen molar-refractivity contribution in [1.82, 2.24) is 15.5 Å². The molecule has 0 radical (unpaired) electrons. The molecule has 0 spiro atoms. The van der Waals surface area contributed by atoms with Gasteiger partial charge in [-0.3, -0.25) is 0 Å². The quantitative estimate of drug-likeness (QED) is 0.621. The van der Waals surface area contributed by atoms with Gasteiger partial charge in [0.2, 0.25) is 5.13 Å². The van der Waals surface area contributed by atoms with E-state index in [4.69, 9.17) is 23.8 Å². The van der Waals surface area contributed by atoms with Crippen LogP contribution in [0.25, 0.3) is 0 Å². The normalized spacial score (nSPS) is 25.2. The van der Waals surface area contributed by atoms with Crippen molar-refractivity contribution in [3.8, 4) is 0 Å². The van der Waals surface area contributed by atoms with E-state index in [1.54, 1.807) is 0 Å². The lowest BCUT2D eigenvalue weighted by Gasteiger charge is -2.16. The molecule has 10 heteroatoms. The van der Waals surface area contributed by atoms with Gasteiger partial charge in [0.15, 0.2) is 14.9 Å². The van der Waals surface area contributed by atoms with Crippen molar-refractivity contribution in [2.45, 2.75) is 24.8 Å². The summed E-state index contributed by atoms with van der Waals surface area (Å²) in [7, 11) is -3.07. The van der Waals surface area contributed by atoms with E-state index in [-0.39, 0.29) is 17.5 Å². The van der Waals surface area contributed by atoms with E-state index >= 15 is 0 Å². The number of anilines is 1. The van der Waals surface area contributed by atoms with Crippen LogP contribution in [0.4, 0.5) is 5.13 Å². The molecule has 1 fully saturated rings. The number of hydrogen-bond donors (Lipinski definition) is 2. The first kappa shape index (κ1) is 14.9. The molecule has 2 rings (SSSR count). The van der Waals surface area contributed by atoms with E-state index < -0.39 is 15.2 Å². The fourth-order valence-corrected chi connectivity index (χ4v) is 5.23. The van der Waals surface area contributed by atoms with Crippen molar-refractivity contribution >= 4 is 55.2 Å². The number of aryl methyl sites for hydroxylation is 1. The van der Waals surface area contributed by atoms with Crippen molar-refractivity contribution < 1.29 is 8.42 Å². The summed E-state index contributed by atoms with van der Waals surface area (Å²) >= 11 is 12.5. The lowest BCUT2D eigenvalue weighted by Crippen LogP contribution is -2.42. The maximum Gasteiger partial charge on any atom is 0.211 e. The molecule has 2 atom stereocenters. The summed E-state index contributed by atoms with van der Waals surface area (Å²) in [5, 5.41) is 15.0. The average Bonchev–Trinajstić information content (AvgIpc) is 2.83. The number of nitrogens with zero attached hydrogens (tertiary/aromatic N) is 2. The van der Waals surface area contributed by atoms with E-state index in [9.17, 15) is 8.42 Å². The van der Waals surface area contributed by atoms with Gasteiger partial charge in [0.1, 0.15) is 5.01 Å². The summed E-state index contributed by atoms with van der Waals surface area (Å²) < 4.78 is 22.8. The second kappa shape index (κ2) is 5.86. The molecular formula is C9H13ClN4O2S3. The predicted octanol–water partition coefficient (Wildman–Crippen LogP) is 0.791. The van der Waals surface area contributed by atoms with Crippen LogP contribution in [0.1, 0.15) is 11.9 Å². The van der Waals surface area contributed by atoms with Crippen molar-refractivity contribution in [2.24, 2.45) is 0 Å². The molecule has 1 aromatic heterocycles. The monoisotopic (exact) mass is 340 g/mol. The molecule has 0 aliphatic carbocycles. The van der Waals surface area contributed by atoms with E-state index in [0.717, 1.165) is 11.4 Å². The van der Waals surface area contributed by atoms with E-state index in [1.165, 1.54) is 11.3 Å². The molecule has 1 aromatic rings. The molecule has 1 aliphatic rings.